The van der Waals surface area contributed by atoms with Crippen LogP contribution in [-0.4, -0.2) is 22.9 Å². The highest BCUT2D eigenvalue weighted by molar-refractivity contribution is 5.88. The Bertz CT molecular complexity index is 269. The Labute approximate surface area is 70.2 Å². The van der Waals surface area contributed by atoms with E-state index in [0.717, 1.165) is 0 Å². The van der Waals surface area contributed by atoms with Gasteiger partial charge in [-0.05, 0) is 0 Å². The van der Waals surface area contributed by atoms with Crippen LogP contribution in [-0.2, 0) is 4.79 Å². The van der Waals surface area contributed by atoms with Crippen LogP contribution in [0.25, 0.3) is 0 Å². The van der Waals surface area contributed by atoms with Gasteiger partial charge in [0, 0.05) is 14.0 Å². The minimum atomic E-state index is -0.129. The molecule has 0 radical (unpaired) electrons. The third-order valence-electron chi connectivity index (χ3n) is 1.20. The fraction of sp³-hybridized carbons (Fsp3) is 0.286. The molecule has 5 heteroatoms. The zero-order valence-corrected chi connectivity index (χ0v) is 6.96. The lowest BCUT2D eigenvalue weighted by atomic mass is 10.5. The number of hydrogen-bond donors (Lipinski definition) is 2. The predicted molar refractivity (Wildman–Crippen MR) is 45.9 cm³/mol. The summed E-state index contributed by atoms with van der Waals surface area (Å²) in [4.78, 5) is 18.4. The zero-order valence-electron chi connectivity index (χ0n) is 6.96. The second-order valence-corrected chi connectivity index (χ2v) is 2.23. The first-order valence-corrected chi connectivity index (χ1v) is 3.50. The smallest absolute Gasteiger partial charge is 0.222 e. The summed E-state index contributed by atoms with van der Waals surface area (Å²) in [6, 6.07) is 0. The van der Waals surface area contributed by atoms with Crippen molar-refractivity contribution in [1.82, 2.24) is 9.97 Å². The van der Waals surface area contributed by atoms with E-state index in [0.29, 0.717) is 11.6 Å². The first-order valence-electron chi connectivity index (χ1n) is 3.50. The van der Waals surface area contributed by atoms with E-state index in [-0.39, 0.29) is 5.91 Å². The average molecular weight is 166 g/mol. The Balaban J connectivity index is 2.71. The zero-order chi connectivity index (χ0) is 8.97. The summed E-state index contributed by atoms with van der Waals surface area (Å²) in [7, 11) is 1.73. The second-order valence-electron chi connectivity index (χ2n) is 2.23. The lowest BCUT2D eigenvalue weighted by Crippen LogP contribution is -2.07. The molecule has 0 aliphatic heterocycles. The van der Waals surface area contributed by atoms with Gasteiger partial charge in [-0.15, -0.1) is 0 Å². The van der Waals surface area contributed by atoms with Gasteiger partial charge in [0.05, 0.1) is 18.1 Å². The molecular formula is C7H10N4O. The van der Waals surface area contributed by atoms with E-state index in [2.05, 4.69) is 20.6 Å². The number of amides is 1. The highest BCUT2D eigenvalue weighted by atomic mass is 16.1. The number of carbonyl (C=O) groups excluding carboxylic acids is 1. The standard InChI is InChI=1S/C7H10N4O/c1-5(12)11-6-3-9-7(8-2)10-4-6/h3-4H,1-2H3,(H,11,12)(H,8,9,10). The van der Waals surface area contributed by atoms with E-state index in [1.807, 2.05) is 0 Å². The number of carbonyl (C=O) groups is 1. The van der Waals surface area contributed by atoms with Crippen molar-refractivity contribution < 1.29 is 4.79 Å². The molecule has 1 amide bonds. The van der Waals surface area contributed by atoms with Gasteiger partial charge in [0.15, 0.2) is 0 Å². The van der Waals surface area contributed by atoms with Crippen molar-refractivity contribution in [2.24, 2.45) is 0 Å². The van der Waals surface area contributed by atoms with Crippen molar-refractivity contribution in [2.45, 2.75) is 6.92 Å². The monoisotopic (exact) mass is 166 g/mol. The molecule has 0 spiro atoms. The number of hydrogen-bond acceptors (Lipinski definition) is 4. The molecule has 64 valence electrons. The molecule has 1 aromatic rings. The van der Waals surface area contributed by atoms with Crippen LogP contribution in [0, 0.1) is 0 Å². The van der Waals surface area contributed by atoms with Crippen molar-refractivity contribution in [3.05, 3.63) is 12.4 Å². The van der Waals surface area contributed by atoms with Crippen LogP contribution < -0.4 is 10.6 Å². The quantitative estimate of drug-likeness (QED) is 0.670. The first-order chi connectivity index (χ1) is 5.72. The molecule has 1 rings (SSSR count). The number of nitrogens with one attached hydrogen (secondary N) is 2. The Morgan fingerprint density at radius 1 is 1.42 bits per heavy atom. The maximum atomic E-state index is 10.6. The molecule has 0 saturated heterocycles. The SMILES string of the molecule is CNc1ncc(NC(C)=O)cn1. The third kappa shape index (κ3) is 2.19. The number of nitrogens with zero attached hydrogens (tertiary/aromatic N) is 2. The third-order valence-corrected chi connectivity index (χ3v) is 1.20. The van der Waals surface area contributed by atoms with Gasteiger partial charge in [0.1, 0.15) is 0 Å². The molecule has 0 aromatic carbocycles. The van der Waals surface area contributed by atoms with Crippen LogP contribution in [0.5, 0.6) is 0 Å². The van der Waals surface area contributed by atoms with Crippen molar-refractivity contribution >= 4 is 17.5 Å². The molecule has 1 heterocycles. The number of anilines is 2. The van der Waals surface area contributed by atoms with E-state index in [1.54, 1.807) is 19.4 Å². The largest absolute Gasteiger partial charge is 0.357 e. The highest BCUT2D eigenvalue weighted by Gasteiger charge is 1.96. The molecular weight excluding hydrogens is 156 g/mol. The van der Waals surface area contributed by atoms with Crippen LogP contribution in [0.1, 0.15) is 6.92 Å². The van der Waals surface area contributed by atoms with Crippen molar-refractivity contribution in [3.63, 3.8) is 0 Å². The summed E-state index contributed by atoms with van der Waals surface area (Å²) in [5.41, 5.74) is 0.599. The predicted octanol–water partition coefficient (Wildman–Crippen LogP) is 0.477. The molecule has 5 nitrogen and oxygen atoms in total. The van der Waals surface area contributed by atoms with E-state index in [4.69, 9.17) is 0 Å². The summed E-state index contributed by atoms with van der Waals surface area (Å²) in [5.74, 6) is 0.403. The van der Waals surface area contributed by atoms with Crippen LogP contribution >= 0.6 is 0 Å². The maximum Gasteiger partial charge on any atom is 0.222 e. The van der Waals surface area contributed by atoms with Crippen molar-refractivity contribution in [3.8, 4) is 0 Å². The molecule has 12 heavy (non-hydrogen) atoms. The second kappa shape index (κ2) is 3.66. The van der Waals surface area contributed by atoms with E-state index in [9.17, 15) is 4.79 Å². The molecule has 0 aliphatic rings. The molecule has 0 unspecified atom stereocenters. The van der Waals surface area contributed by atoms with Gasteiger partial charge in [-0.25, -0.2) is 9.97 Å². The van der Waals surface area contributed by atoms with Crippen molar-refractivity contribution in [2.75, 3.05) is 17.7 Å². The number of aromatic nitrogens is 2. The normalized spacial score (nSPS) is 9.17. The van der Waals surface area contributed by atoms with Crippen LogP contribution in [0.3, 0.4) is 0 Å². The van der Waals surface area contributed by atoms with Gasteiger partial charge < -0.3 is 10.6 Å². The molecule has 0 bridgehead atoms. The Hall–Kier alpha value is -1.65. The lowest BCUT2D eigenvalue weighted by molar-refractivity contribution is -0.114. The lowest BCUT2D eigenvalue weighted by Gasteiger charge is -2.01. The summed E-state index contributed by atoms with van der Waals surface area (Å²) in [5, 5.41) is 5.34. The summed E-state index contributed by atoms with van der Waals surface area (Å²) in [6.07, 6.45) is 3.08. The molecule has 0 fully saturated rings. The van der Waals surface area contributed by atoms with E-state index >= 15 is 0 Å². The summed E-state index contributed by atoms with van der Waals surface area (Å²) >= 11 is 0. The van der Waals surface area contributed by atoms with Gasteiger partial charge in [-0.3, -0.25) is 4.79 Å². The molecule has 0 atom stereocenters. The summed E-state index contributed by atoms with van der Waals surface area (Å²) < 4.78 is 0. The minimum Gasteiger partial charge on any atom is -0.357 e. The minimum absolute atomic E-state index is 0.129. The van der Waals surface area contributed by atoms with Crippen molar-refractivity contribution in [1.29, 1.82) is 0 Å². The fourth-order valence-electron chi connectivity index (χ4n) is 0.725. The first kappa shape index (κ1) is 8.45. The Morgan fingerprint density at radius 2 is 2.00 bits per heavy atom. The Morgan fingerprint density at radius 3 is 2.42 bits per heavy atom. The van der Waals surface area contributed by atoms with Gasteiger partial charge in [0.25, 0.3) is 0 Å². The number of rotatable bonds is 2. The van der Waals surface area contributed by atoms with Gasteiger partial charge in [-0.2, -0.15) is 0 Å². The van der Waals surface area contributed by atoms with E-state index in [1.165, 1.54) is 6.92 Å². The van der Waals surface area contributed by atoms with Gasteiger partial charge >= 0.3 is 0 Å². The topological polar surface area (TPSA) is 66.9 Å². The van der Waals surface area contributed by atoms with Gasteiger partial charge in [0.2, 0.25) is 11.9 Å². The molecule has 0 aliphatic carbocycles. The summed E-state index contributed by atoms with van der Waals surface area (Å²) in [6.45, 7) is 1.44. The van der Waals surface area contributed by atoms with Gasteiger partial charge in [-0.1, -0.05) is 0 Å². The Kier molecular flexibility index (Phi) is 2.57. The average Bonchev–Trinajstić information content (AvgIpc) is 2.05. The van der Waals surface area contributed by atoms with Crippen LogP contribution in [0.4, 0.5) is 11.6 Å². The molecule has 1 aromatic heterocycles. The van der Waals surface area contributed by atoms with Crippen LogP contribution in [0.2, 0.25) is 0 Å². The maximum absolute atomic E-state index is 10.6. The molecule has 2 N–H and O–H groups in total. The van der Waals surface area contributed by atoms with E-state index < -0.39 is 0 Å². The van der Waals surface area contributed by atoms with Crippen LogP contribution in [0.15, 0.2) is 12.4 Å². The molecule has 0 saturated carbocycles. The fourth-order valence-corrected chi connectivity index (χ4v) is 0.725. The highest BCUT2D eigenvalue weighted by Crippen LogP contribution is 2.03.